The number of fused-ring (bicyclic) bond motifs is 1. The molecule has 0 unspecified atom stereocenters. The van der Waals surface area contributed by atoms with Crippen molar-refractivity contribution >= 4 is 38.2 Å². The predicted molar refractivity (Wildman–Crippen MR) is 101 cm³/mol. The molecule has 0 aromatic heterocycles. The van der Waals surface area contributed by atoms with Crippen molar-refractivity contribution in [3.63, 3.8) is 0 Å². The van der Waals surface area contributed by atoms with Gasteiger partial charge in [-0.2, -0.15) is 8.42 Å². The molecule has 3 aromatic rings. The summed E-state index contributed by atoms with van der Waals surface area (Å²) in [6, 6.07) is 10.4. The molecule has 0 aliphatic rings. The Balaban J connectivity index is 2.09. The molecule has 3 aromatic carbocycles. The number of aromatic hydroxyl groups is 1. The molecule has 0 saturated carbocycles. The molecule has 0 heterocycles. The van der Waals surface area contributed by atoms with Gasteiger partial charge in [0.1, 0.15) is 16.2 Å². The van der Waals surface area contributed by atoms with E-state index >= 15 is 0 Å². The van der Waals surface area contributed by atoms with Crippen molar-refractivity contribution in [2.75, 3.05) is 5.32 Å². The van der Waals surface area contributed by atoms with Crippen LogP contribution in [0.4, 0.5) is 11.4 Å². The Bertz CT molecular complexity index is 1240. The molecule has 0 radical (unpaired) electrons. The van der Waals surface area contributed by atoms with Gasteiger partial charge in [-0.1, -0.05) is 18.2 Å². The highest BCUT2D eigenvalue weighted by atomic mass is 32.2. The van der Waals surface area contributed by atoms with Crippen LogP contribution in [-0.2, 0) is 10.1 Å². The molecule has 0 aliphatic heterocycles. The molecule has 3 rings (SSSR count). The number of nitro groups is 1. The number of hydrogen-bond donors (Lipinski definition) is 3. The van der Waals surface area contributed by atoms with Crippen LogP contribution in [0.2, 0.25) is 0 Å². The van der Waals surface area contributed by atoms with E-state index < -0.39 is 25.8 Å². The SMILES string of the molecule is Cc1ccc(C(=O)Nc2cc(O)c3cccc(S(=O)(=O)O)c3c2)c([N+](=O)[O-])c1. The summed E-state index contributed by atoms with van der Waals surface area (Å²) in [5, 5.41) is 23.9. The number of nitrogens with zero attached hydrogens (tertiary/aromatic N) is 1. The van der Waals surface area contributed by atoms with Gasteiger partial charge >= 0.3 is 0 Å². The lowest BCUT2D eigenvalue weighted by molar-refractivity contribution is -0.385. The van der Waals surface area contributed by atoms with Gasteiger partial charge in [-0.15, -0.1) is 0 Å². The first kappa shape index (κ1) is 19.3. The lowest BCUT2D eigenvalue weighted by Gasteiger charge is -2.11. The minimum atomic E-state index is -4.58. The van der Waals surface area contributed by atoms with Gasteiger partial charge in [-0.25, -0.2) is 0 Å². The number of phenolic OH excluding ortho intramolecular Hbond substituents is 1. The molecule has 0 fully saturated rings. The molecule has 9 nitrogen and oxygen atoms in total. The zero-order valence-corrected chi connectivity index (χ0v) is 15.2. The van der Waals surface area contributed by atoms with Crippen LogP contribution in [0.5, 0.6) is 5.75 Å². The summed E-state index contributed by atoms with van der Waals surface area (Å²) >= 11 is 0. The first-order valence-corrected chi connectivity index (χ1v) is 9.31. The average Bonchev–Trinajstić information content (AvgIpc) is 2.60. The van der Waals surface area contributed by atoms with Crippen LogP contribution >= 0.6 is 0 Å². The van der Waals surface area contributed by atoms with Crippen molar-refractivity contribution in [1.82, 2.24) is 0 Å². The number of benzene rings is 3. The van der Waals surface area contributed by atoms with E-state index in [4.69, 9.17) is 0 Å². The number of phenols is 1. The summed E-state index contributed by atoms with van der Waals surface area (Å²) in [6.45, 7) is 1.65. The fourth-order valence-corrected chi connectivity index (χ4v) is 3.52. The van der Waals surface area contributed by atoms with Gasteiger partial charge in [-0.05, 0) is 30.7 Å². The Hall–Kier alpha value is -3.50. The maximum absolute atomic E-state index is 12.5. The fourth-order valence-electron chi connectivity index (χ4n) is 2.82. The third kappa shape index (κ3) is 3.63. The smallest absolute Gasteiger partial charge is 0.295 e. The Labute approximate surface area is 159 Å². The van der Waals surface area contributed by atoms with Gasteiger partial charge in [-0.3, -0.25) is 19.5 Å². The maximum Gasteiger partial charge on any atom is 0.295 e. The molecule has 0 atom stereocenters. The molecule has 0 spiro atoms. The summed E-state index contributed by atoms with van der Waals surface area (Å²) in [6.07, 6.45) is 0. The highest BCUT2D eigenvalue weighted by Gasteiger charge is 2.21. The van der Waals surface area contributed by atoms with Gasteiger partial charge < -0.3 is 10.4 Å². The van der Waals surface area contributed by atoms with E-state index in [9.17, 15) is 33.0 Å². The second-order valence-electron chi connectivity index (χ2n) is 6.05. The van der Waals surface area contributed by atoms with Crippen LogP contribution in [0, 0.1) is 17.0 Å². The van der Waals surface area contributed by atoms with E-state index in [2.05, 4.69) is 5.32 Å². The molecule has 28 heavy (non-hydrogen) atoms. The number of aryl methyl sites for hydroxylation is 1. The van der Waals surface area contributed by atoms with Crippen molar-refractivity contribution < 1.29 is 27.8 Å². The zero-order chi connectivity index (χ0) is 20.6. The Morgan fingerprint density at radius 3 is 2.46 bits per heavy atom. The molecule has 3 N–H and O–H groups in total. The molecule has 0 bridgehead atoms. The highest BCUT2D eigenvalue weighted by Crippen LogP contribution is 2.33. The number of carbonyl (C=O) groups excluding carboxylic acids is 1. The summed E-state index contributed by atoms with van der Waals surface area (Å²) in [4.78, 5) is 22.6. The topological polar surface area (TPSA) is 147 Å². The fraction of sp³-hybridized carbons (Fsp3) is 0.0556. The molecule has 0 saturated heterocycles. The van der Waals surface area contributed by atoms with Crippen LogP contribution in [0.1, 0.15) is 15.9 Å². The number of rotatable bonds is 4. The Kier molecular flexibility index (Phi) is 4.75. The zero-order valence-electron chi connectivity index (χ0n) is 14.4. The van der Waals surface area contributed by atoms with E-state index in [1.807, 2.05) is 0 Å². The Morgan fingerprint density at radius 1 is 1.11 bits per heavy atom. The number of hydrogen-bond acceptors (Lipinski definition) is 6. The third-order valence-corrected chi connectivity index (χ3v) is 4.98. The maximum atomic E-state index is 12.5. The summed E-state index contributed by atoms with van der Waals surface area (Å²) in [5.74, 6) is -1.15. The second kappa shape index (κ2) is 6.91. The summed E-state index contributed by atoms with van der Waals surface area (Å²) < 4.78 is 32.5. The first-order valence-electron chi connectivity index (χ1n) is 7.87. The van der Waals surface area contributed by atoms with Gasteiger partial charge in [0.15, 0.2) is 0 Å². The predicted octanol–water partition coefficient (Wildman–Crippen LogP) is 3.26. The lowest BCUT2D eigenvalue weighted by Crippen LogP contribution is -2.14. The second-order valence-corrected chi connectivity index (χ2v) is 7.44. The number of nitro benzene ring substituents is 1. The average molecular weight is 402 g/mol. The van der Waals surface area contributed by atoms with Crippen molar-refractivity contribution in [2.45, 2.75) is 11.8 Å². The van der Waals surface area contributed by atoms with E-state index in [1.54, 1.807) is 6.92 Å². The van der Waals surface area contributed by atoms with Crippen LogP contribution in [0.25, 0.3) is 10.8 Å². The third-order valence-electron chi connectivity index (χ3n) is 4.06. The first-order chi connectivity index (χ1) is 13.1. The van der Waals surface area contributed by atoms with E-state index in [-0.39, 0.29) is 33.5 Å². The lowest BCUT2D eigenvalue weighted by atomic mass is 10.1. The van der Waals surface area contributed by atoms with E-state index in [1.165, 1.54) is 42.5 Å². The quantitative estimate of drug-likeness (QED) is 0.345. The summed E-state index contributed by atoms with van der Waals surface area (Å²) in [7, 11) is -4.58. The van der Waals surface area contributed by atoms with Crippen molar-refractivity contribution in [1.29, 1.82) is 0 Å². The largest absolute Gasteiger partial charge is 0.507 e. The van der Waals surface area contributed by atoms with Crippen molar-refractivity contribution in [3.8, 4) is 5.75 Å². The Morgan fingerprint density at radius 2 is 1.82 bits per heavy atom. The molecule has 0 aliphatic carbocycles. The number of carbonyl (C=O) groups is 1. The van der Waals surface area contributed by atoms with Crippen LogP contribution in [0.15, 0.2) is 53.4 Å². The van der Waals surface area contributed by atoms with Crippen molar-refractivity contribution in [3.05, 3.63) is 69.8 Å². The standard InChI is InChI=1S/C18H14N2O7S/c1-10-5-6-13(15(7-10)20(23)24)18(22)19-11-8-14-12(16(21)9-11)3-2-4-17(14)28(25,26)27/h2-9,21H,1H3,(H,19,22)(H,25,26,27). The minimum absolute atomic E-state index is 0.000901. The molecule has 1 amide bonds. The highest BCUT2D eigenvalue weighted by molar-refractivity contribution is 7.86. The van der Waals surface area contributed by atoms with E-state index in [0.29, 0.717) is 5.56 Å². The number of amides is 1. The van der Waals surface area contributed by atoms with Crippen LogP contribution < -0.4 is 5.32 Å². The van der Waals surface area contributed by atoms with Gasteiger partial charge in [0, 0.05) is 28.6 Å². The van der Waals surface area contributed by atoms with Crippen LogP contribution in [0.3, 0.4) is 0 Å². The monoisotopic (exact) mass is 402 g/mol. The van der Waals surface area contributed by atoms with E-state index in [0.717, 1.165) is 6.07 Å². The van der Waals surface area contributed by atoms with Gasteiger partial charge in [0.25, 0.3) is 21.7 Å². The molecular formula is C18H14N2O7S. The molecular weight excluding hydrogens is 388 g/mol. The van der Waals surface area contributed by atoms with Gasteiger partial charge in [0.2, 0.25) is 0 Å². The molecule has 10 heteroatoms. The normalized spacial score (nSPS) is 11.4. The number of nitrogens with one attached hydrogen (secondary N) is 1. The van der Waals surface area contributed by atoms with Crippen molar-refractivity contribution in [2.24, 2.45) is 0 Å². The van der Waals surface area contributed by atoms with Crippen LogP contribution in [-0.4, -0.2) is 28.9 Å². The molecule has 144 valence electrons. The number of anilines is 1. The minimum Gasteiger partial charge on any atom is -0.507 e. The summed E-state index contributed by atoms with van der Waals surface area (Å²) in [5.41, 5.74) is 0.0183. The van der Waals surface area contributed by atoms with Gasteiger partial charge in [0.05, 0.1) is 4.92 Å².